The first-order valence-corrected chi connectivity index (χ1v) is 4.11. The molecule has 0 aromatic carbocycles. The molecule has 0 unspecified atom stereocenters. The molecule has 0 aliphatic heterocycles. The van der Waals surface area contributed by atoms with Crippen molar-refractivity contribution in [3.63, 3.8) is 0 Å². The van der Waals surface area contributed by atoms with Crippen molar-refractivity contribution in [3.8, 4) is 0 Å². The van der Waals surface area contributed by atoms with Crippen LogP contribution in [0, 0.1) is 0 Å². The molecule has 0 aliphatic rings. The Morgan fingerprint density at radius 3 is 2.92 bits per heavy atom. The standard InChI is InChI=1S/C10H11NO/c1-7(2)10-5-8-6-11-4-3-9(8)12-10/h3-7H,1-2H3. The Kier molecular flexibility index (Phi) is 1.61. The molecule has 62 valence electrons. The molecule has 0 saturated heterocycles. The van der Waals surface area contributed by atoms with Crippen LogP contribution in [0.3, 0.4) is 0 Å². The summed E-state index contributed by atoms with van der Waals surface area (Å²) in [6.07, 6.45) is 3.57. The average Bonchev–Trinajstić information content (AvgIpc) is 2.46. The van der Waals surface area contributed by atoms with Crippen molar-refractivity contribution >= 4 is 11.0 Å². The Balaban J connectivity index is 2.62. The molecule has 2 aromatic rings. The van der Waals surface area contributed by atoms with E-state index in [0.29, 0.717) is 5.92 Å². The maximum Gasteiger partial charge on any atom is 0.137 e. The van der Waals surface area contributed by atoms with Crippen molar-refractivity contribution in [3.05, 3.63) is 30.3 Å². The van der Waals surface area contributed by atoms with Crippen LogP contribution < -0.4 is 0 Å². The molecule has 0 fully saturated rings. The van der Waals surface area contributed by atoms with Gasteiger partial charge in [-0.05, 0) is 12.1 Å². The van der Waals surface area contributed by atoms with Gasteiger partial charge in [-0.15, -0.1) is 0 Å². The maximum absolute atomic E-state index is 5.59. The minimum atomic E-state index is 0.442. The van der Waals surface area contributed by atoms with E-state index < -0.39 is 0 Å². The number of hydrogen-bond acceptors (Lipinski definition) is 2. The van der Waals surface area contributed by atoms with Crippen molar-refractivity contribution in [1.82, 2.24) is 4.98 Å². The molecule has 0 atom stereocenters. The van der Waals surface area contributed by atoms with Gasteiger partial charge in [0.15, 0.2) is 0 Å². The summed E-state index contributed by atoms with van der Waals surface area (Å²) >= 11 is 0. The van der Waals surface area contributed by atoms with Gasteiger partial charge in [0.25, 0.3) is 0 Å². The largest absolute Gasteiger partial charge is 0.461 e. The normalized spacial score (nSPS) is 11.2. The van der Waals surface area contributed by atoms with E-state index in [-0.39, 0.29) is 0 Å². The average molecular weight is 161 g/mol. The molecule has 2 heteroatoms. The fourth-order valence-electron chi connectivity index (χ4n) is 1.19. The molecule has 0 amide bonds. The van der Waals surface area contributed by atoms with Crippen LogP contribution >= 0.6 is 0 Å². The molecule has 2 aromatic heterocycles. The molecule has 2 nitrogen and oxygen atoms in total. The Hall–Kier alpha value is -1.31. The number of pyridine rings is 1. The van der Waals surface area contributed by atoms with Crippen LogP contribution in [0.4, 0.5) is 0 Å². The summed E-state index contributed by atoms with van der Waals surface area (Å²) in [5.74, 6) is 1.47. The monoisotopic (exact) mass is 161 g/mol. The van der Waals surface area contributed by atoms with Crippen LogP contribution in [0.1, 0.15) is 25.5 Å². The highest BCUT2D eigenvalue weighted by molar-refractivity contribution is 5.76. The minimum absolute atomic E-state index is 0.442. The molecular weight excluding hydrogens is 150 g/mol. The van der Waals surface area contributed by atoms with Crippen molar-refractivity contribution in [1.29, 1.82) is 0 Å². The minimum Gasteiger partial charge on any atom is -0.461 e. The quantitative estimate of drug-likeness (QED) is 0.642. The van der Waals surface area contributed by atoms with Crippen LogP contribution in [-0.2, 0) is 0 Å². The molecular formula is C10H11NO. The van der Waals surface area contributed by atoms with Gasteiger partial charge in [0, 0.05) is 23.7 Å². The summed E-state index contributed by atoms with van der Waals surface area (Å²) in [6, 6.07) is 3.94. The van der Waals surface area contributed by atoms with Gasteiger partial charge < -0.3 is 4.42 Å². The smallest absolute Gasteiger partial charge is 0.137 e. The Labute approximate surface area is 71.2 Å². The third kappa shape index (κ3) is 1.09. The first kappa shape index (κ1) is 7.35. The second kappa shape index (κ2) is 2.63. The number of nitrogens with zero attached hydrogens (tertiary/aromatic N) is 1. The van der Waals surface area contributed by atoms with Crippen molar-refractivity contribution in [2.75, 3.05) is 0 Å². The fraction of sp³-hybridized carbons (Fsp3) is 0.300. The maximum atomic E-state index is 5.59. The highest BCUT2D eigenvalue weighted by Crippen LogP contribution is 2.23. The first-order valence-electron chi connectivity index (χ1n) is 4.11. The van der Waals surface area contributed by atoms with E-state index in [1.165, 1.54) is 0 Å². The molecule has 0 saturated carbocycles. The van der Waals surface area contributed by atoms with E-state index in [0.717, 1.165) is 16.7 Å². The lowest BCUT2D eigenvalue weighted by atomic mass is 10.1. The van der Waals surface area contributed by atoms with Gasteiger partial charge in [0.2, 0.25) is 0 Å². The molecule has 2 heterocycles. The SMILES string of the molecule is CC(C)c1cc2cnccc2o1. The highest BCUT2D eigenvalue weighted by atomic mass is 16.3. The van der Waals surface area contributed by atoms with Crippen LogP contribution in [0.25, 0.3) is 11.0 Å². The van der Waals surface area contributed by atoms with Crippen molar-refractivity contribution in [2.45, 2.75) is 19.8 Å². The molecule has 0 bridgehead atoms. The van der Waals surface area contributed by atoms with Gasteiger partial charge in [-0.1, -0.05) is 13.8 Å². The molecule has 0 N–H and O–H groups in total. The summed E-state index contributed by atoms with van der Waals surface area (Å²) in [5.41, 5.74) is 0.925. The fourth-order valence-corrected chi connectivity index (χ4v) is 1.19. The number of furan rings is 1. The number of hydrogen-bond donors (Lipinski definition) is 0. The third-order valence-electron chi connectivity index (χ3n) is 1.90. The lowest BCUT2D eigenvalue weighted by Gasteiger charge is -1.95. The summed E-state index contributed by atoms with van der Waals surface area (Å²) in [5, 5.41) is 1.08. The highest BCUT2D eigenvalue weighted by Gasteiger charge is 2.05. The van der Waals surface area contributed by atoms with Crippen LogP contribution in [-0.4, -0.2) is 4.98 Å². The van der Waals surface area contributed by atoms with Gasteiger partial charge in [-0.2, -0.15) is 0 Å². The van der Waals surface area contributed by atoms with Crippen LogP contribution in [0.2, 0.25) is 0 Å². The zero-order valence-electron chi connectivity index (χ0n) is 7.24. The summed E-state index contributed by atoms with van der Waals surface area (Å²) in [7, 11) is 0. The molecule has 0 aliphatic carbocycles. The van der Waals surface area contributed by atoms with Gasteiger partial charge in [0.1, 0.15) is 11.3 Å². The van der Waals surface area contributed by atoms with Gasteiger partial charge in [0.05, 0.1) is 0 Å². The molecule has 0 radical (unpaired) electrons. The van der Waals surface area contributed by atoms with Crippen LogP contribution in [0.5, 0.6) is 0 Å². The van der Waals surface area contributed by atoms with Crippen LogP contribution in [0.15, 0.2) is 28.9 Å². The van der Waals surface area contributed by atoms with E-state index in [1.807, 2.05) is 18.3 Å². The van der Waals surface area contributed by atoms with Crippen molar-refractivity contribution < 1.29 is 4.42 Å². The second-order valence-electron chi connectivity index (χ2n) is 3.22. The lowest BCUT2D eigenvalue weighted by Crippen LogP contribution is -1.79. The summed E-state index contributed by atoms with van der Waals surface area (Å²) < 4.78 is 5.59. The zero-order valence-corrected chi connectivity index (χ0v) is 7.24. The second-order valence-corrected chi connectivity index (χ2v) is 3.22. The van der Waals surface area contributed by atoms with E-state index in [9.17, 15) is 0 Å². The topological polar surface area (TPSA) is 26.0 Å². The molecule has 0 spiro atoms. The summed E-state index contributed by atoms with van der Waals surface area (Å²) in [6.45, 7) is 4.23. The van der Waals surface area contributed by atoms with Gasteiger partial charge in [-0.3, -0.25) is 4.98 Å². The van der Waals surface area contributed by atoms with E-state index in [4.69, 9.17) is 4.42 Å². The Morgan fingerprint density at radius 2 is 2.25 bits per heavy atom. The third-order valence-corrected chi connectivity index (χ3v) is 1.90. The predicted octanol–water partition coefficient (Wildman–Crippen LogP) is 2.95. The number of rotatable bonds is 1. The van der Waals surface area contributed by atoms with E-state index in [2.05, 4.69) is 18.8 Å². The predicted molar refractivity (Wildman–Crippen MR) is 48.1 cm³/mol. The number of fused-ring (bicyclic) bond motifs is 1. The summed E-state index contributed by atoms with van der Waals surface area (Å²) in [4.78, 5) is 4.03. The zero-order chi connectivity index (χ0) is 8.55. The molecule has 12 heavy (non-hydrogen) atoms. The molecule has 2 rings (SSSR count). The van der Waals surface area contributed by atoms with Crippen molar-refractivity contribution in [2.24, 2.45) is 0 Å². The van der Waals surface area contributed by atoms with Gasteiger partial charge >= 0.3 is 0 Å². The van der Waals surface area contributed by atoms with Gasteiger partial charge in [-0.25, -0.2) is 0 Å². The Bertz CT molecular complexity index is 356. The first-order chi connectivity index (χ1) is 5.77. The Morgan fingerprint density at radius 1 is 1.42 bits per heavy atom. The lowest BCUT2D eigenvalue weighted by molar-refractivity contribution is 0.521. The van der Waals surface area contributed by atoms with E-state index >= 15 is 0 Å². The van der Waals surface area contributed by atoms with E-state index in [1.54, 1.807) is 6.20 Å². The number of aromatic nitrogens is 1.